The maximum atomic E-state index is 14.1. The Balaban J connectivity index is 1.41. The number of hydrogen-bond acceptors (Lipinski definition) is 6. The number of rotatable bonds is 9. The Kier molecular flexibility index (Phi) is 9.20. The molecule has 0 unspecified atom stereocenters. The van der Waals surface area contributed by atoms with Crippen LogP contribution in [0.4, 0.5) is 10.1 Å². The number of hydrogen-bond donors (Lipinski definition) is 2. The lowest BCUT2D eigenvalue weighted by Gasteiger charge is -2.13. The van der Waals surface area contributed by atoms with Crippen LogP contribution in [0.1, 0.15) is 23.7 Å². The number of hydrazone groups is 1. The molecule has 0 aliphatic carbocycles. The van der Waals surface area contributed by atoms with Crippen LogP contribution in [0.3, 0.4) is 0 Å². The zero-order valence-electron chi connectivity index (χ0n) is 22.5. The highest BCUT2D eigenvalue weighted by atomic mass is 35.5. The zero-order chi connectivity index (χ0) is 29.5. The zero-order valence-corrected chi connectivity index (χ0v) is 23.2. The summed E-state index contributed by atoms with van der Waals surface area (Å²) in [5.74, 6) is -1.89. The second-order valence-corrected chi connectivity index (χ2v) is 9.13. The van der Waals surface area contributed by atoms with Crippen molar-refractivity contribution in [1.29, 1.82) is 0 Å². The van der Waals surface area contributed by atoms with Gasteiger partial charge in [-0.3, -0.25) is 19.1 Å². The molecular weight excluding hydrogens is 553 g/mol. The summed E-state index contributed by atoms with van der Waals surface area (Å²) in [7, 11) is 1.67. The van der Waals surface area contributed by atoms with Crippen molar-refractivity contribution in [1.82, 2.24) is 14.8 Å². The molecule has 0 saturated heterocycles. The lowest BCUT2D eigenvalue weighted by molar-refractivity contribution is -0.136. The topological polar surface area (TPSA) is 116 Å². The quantitative estimate of drug-likeness (QED) is 0.174. The smallest absolute Gasteiger partial charge is 0.329 e. The summed E-state index contributed by atoms with van der Waals surface area (Å²) < 4.78 is 28.4. The molecule has 0 bridgehead atoms. The van der Waals surface area contributed by atoms with Gasteiger partial charge in [0.25, 0.3) is 5.56 Å². The van der Waals surface area contributed by atoms with Crippen LogP contribution in [0.5, 0.6) is 11.5 Å². The first-order chi connectivity index (χ1) is 19.7. The highest BCUT2D eigenvalue weighted by Crippen LogP contribution is 2.30. The van der Waals surface area contributed by atoms with Gasteiger partial charge in [0.15, 0.2) is 11.5 Å². The van der Waals surface area contributed by atoms with E-state index in [2.05, 4.69) is 15.8 Å². The molecule has 1 aromatic heterocycles. The van der Waals surface area contributed by atoms with Crippen molar-refractivity contribution in [2.24, 2.45) is 12.1 Å². The Labute approximate surface area is 239 Å². The number of para-hydroxylation sites is 1. The maximum Gasteiger partial charge on any atom is 0.329 e. The number of halogens is 2. The van der Waals surface area contributed by atoms with Crippen LogP contribution >= 0.6 is 11.6 Å². The van der Waals surface area contributed by atoms with Gasteiger partial charge < -0.3 is 14.8 Å². The summed E-state index contributed by atoms with van der Waals surface area (Å²) in [6.45, 7) is 3.67. The number of nitrogens with one attached hydrogen (secondary N) is 2. The maximum absolute atomic E-state index is 14.1. The second-order valence-electron chi connectivity index (χ2n) is 8.72. The Morgan fingerprint density at radius 2 is 1.78 bits per heavy atom. The van der Waals surface area contributed by atoms with Crippen molar-refractivity contribution in [2.45, 2.75) is 20.5 Å². The molecule has 4 rings (SSSR count). The van der Waals surface area contributed by atoms with E-state index in [0.717, 1.165) is 0 Å². The summed E-state index contributed by atoms with van der Waals surface area (Å²) in [6, 6.07) is 18.1. The van der Waals surface area contributed by atoms with E-state index in [0.29, 0.717) is 35.1 Å². The molecule has 2 N–H and O–H groups in total. The SMILES string of the molecule is CCOc1cc(C=NNC(=O)C(=O)Nc2c(C)n(C)n(-c3ccccc3)c2=O)ccc1OCc1c(F)cccc1Cl. The van der Waals surface area contributed by atoms with Crippen molar-refractivity contribution in [3.05, 3.63) is 105 Å². The molecule has 0 aliphatic heterocycles. The largest absolute Gasteiger partial charge is 0.490 e. The molecule has 0 atom stereocenters. The van der Waals surface area contributed by atoms with Gasteiger partial charge >= 0.3 is 11.8 Å². The number of aromatic nitrogens is 2. The van der Waals surface area contributed by atoms with Gasteiger partial charge in [0.1, 0.15) is 18.1 Å². The van der Waals surface area contributed by atoms with Crippen molar-refractivity contribution in [3.8, 4) is 17.2 Å². The molecule has 0 saturated carbocycles. The van der Waals surface area contributed by atoms with Crippen LogP contribution < -0.4 is 25.8 Å². The molecular formula is C29H27ClFN5O5. The average molecular weight is 580 g/mol. The van der Waals surface area contributed by atoms with E-state index in [-0.39, 0.29) is 22.9 Å². The number of carbonyl (C=O) groups excluding carboxylic acids is 2. The third-order valence-corrected chi connectivity index (χ3v) is 6.43. The van der Waals surface area contributed by atoms with Crippen molar-refractivity contribution in [2.75, 3.05) is 11.9 Å². The predicted octanol–water partition coefficient (Wildman–Crippen LogP) is 4.34. The van der Waals surface area contributed by atoms with Gasteiger partial charge in [0, 0.05) is 12.6 Å². The minimum absolute atomic E-state index is 0.0194. The van der Waals surface area contributed by atoms with Crippen LogP contribution in [0, 0.1) is 12.7 Å². The molecule has 12 heteroatoms. The van der Waals surface area contributed by atoms with E-state index >= 15 is 0 Å². The van der Waals surface area contributed by atoms with Gasteiger partial charge in [-0.25, -0.2) is 14.5 Å². The number of carbonyl (C=O) groups is 2. The van der Waals surface area contributed by atoms with E-state index in [4.69, 9.17) is 21.1 Å². The Morgan fingerprint density at radius 3 is 2.49 bits per heavy atom. The number of anilines is 1. The lowest BCUT2D eigenvalue weighted by Crippen LogP contribution is -2.34. The Morgan fingerprint density at radius 1 is 1.02 bits per heavy atom. The first kappa shape index (κ1) is 29.1. The average Bonchev–Trinajstić information content (AvgIpc) is 3.17. The van der Waals surface area contributed by atoms with Crippen LogP contribution in [0.25, 0.3) is 5.69 Å². The second kappa shape index (κ2) is 13.0. The van der Waals surface area contributed by atoms with Crippen LogP contribution in [0.15, 0.2) is 76.6 Å². The van der Waals surface area contributed by atoms with Gasteiger partial charge in [-0.15, -0.1) is 0 Å². The molecule has 2 amide bonds. The minimum atomic E-state index is -1.07. The van der Waals surface area contributed by atoms with Crippen LogP contribution in [-0.2, 0) is 23.2 Å². The fourth-order valence-corrected chi connectivity index (χ4v) is 4.13. The van der Waals surface area contributed by atoms with Crippen molar-refractivity contribution < 1.29 is 23.5 Å². The molecule has 0 spiro atoms. The third-order valence-electron chi connectivity index (χ3n) is 6.08. The fourth-order valence-electron chi connectivity index (χ4n) is 3.91. The molecule has 4 aromatic rings. The third kappa shape index (κ3) is 6.64. The van der Waals surface area contributed by atoms with E-state index in [1.54, 1.807) is 74.1 Å². The summed E-state index contributed by atoms with van der Waals surface area (Å²) >= 11 is 6.07. The summed E-state index contributed by atoms with van der Waals surface area (Å²) in [5.41, 5.74) is 3.45. The minimum Gasteiger partial charge on any atom is -0.490 e. The number of amides is 2. The number of benzene rings is 3. The van der Waals surface area contributed by atoms with Gasteiger partial charge in [-0.1, -0.05) is 35.9 Å². The predicted molar refractivity (Wildman–Crippen MR) is 153 cm³/mol. The highest BCUT2D eigenvalue weighted by molar-refractivity contribution is 6.39. The fraction of sp³-hybridized carbons (Fsp3) is 0.172. The molecule has 41 heavy (non-hydrogen) atoms. The number of nitrogens with zero attached hydrogens (tertiary/aromatic N) is 3. The standard InChI is InChI=1S/C29H27ClFN5O5/c1-4-40-25-15-19(13-14-24(25)41-17-21-22(30)11-8-12-23(21)31)16-32-34-28(38)27(37)33-26-18(2)35(3)36(29(26)39)20-9-6-5-7-10-20/h5-16H,4,17H2,1-3H3,(H,33,37)(H,34,38). The highest BCUT2D eigenvalue weighted by Gasteiger charge is 2.21. The van der Waals surface area contributed by atoms with Crippen LogP contribution in [0.2, 0.25) is 5.02 Å². The van der Waals surface area contributed by atoms with Gasteiger partial charge in [0.2, 0.25) is 0 Å². The molecule has 212 valence electrons. The van der Waals surface area contributed by atoms with E-state index in [9.17, 15) is 18.8 Å². The van der Waals surface area contributed by atoms with Crippen molar-refractivity contribution in [3.63, 3.8) is 0 Å². The molecule has 0 aliphatic rings. The van der Waals surface area contributed by atoms with Crippen molar-refractivity contribution >= 4 is 35.3 Å². The Bertz CT molecular complexity index is 1650. The first-order valence-corrected chi connectivity index (χ1v) is 12.9. The first-order valence-electron chi connectivity index (χ1n) is 12.5. The summed E-state index contributed by atoms with van der Waals surface area (Å²) in [4.78, 5) is 37.9. The monoisotopic (exact) mass is 579 g/mol. The Hall–Kier alpha value is -4.90. The number of ether oxygens (including phenoxy) is 2. The molecule has 1 heterocycles. The lowest BCUT2D eigenvalue weighted by atomic mass is 10.2. The van der Waals surface area contributed by atoms with Gasteiger partial charge in [-0.2, -0.15) is 5.10 Å². The van der Waals surface area contributed by atoms with E-state index in [1.807, 2.05) is 6.07 Å². The normalized spacial score (nSPS) is 11.0. The van der Waals surface area contributed by atoms with Gasteiger partial charge in [-0.05, 0) is 61.9 Å². The molecule has 3 aromatic carbocycles. The van der Waals surface area contributed by atoms with E-state index in [1.165, 1.54) is 23.0 Å². The molecule has 10 nitrogen and oxygen atoms in total. The summed E-state index contributed by atoms with van der Waals surface area (Å²) in [5, 5.41) is 6.45. The van der Waals surface area contributed by atoms with Crippen LogP contribution in [-0.4, -0.2) is 34.0 Å². The van der Waals surface area contributed by atoms with Gasteiger partial charge in [0.05, 0.1) is 29.2 Å². The molecule has 0 fully saturated rings. The molecule has 0 radical (unpaired) electrons. The van der Waals surface area contributed by atoms with E-state index < -0.39 is 23.2 Å². The summed E-state index contributed by atoms with van der Waals surface area (Å²) in [6.07, 6.45) is 1.31.